The van der Waals surface area contributed by atoms with Crippen LogP contribution >= 0.6 is 0 Å². The number of likely N-dealkylation sites (N-methyl/N-ethyl adjacent to an activating group) is 1. The van der Waals surface area contributed by atoms with Crippen molar-refractivity contribution < 1.29 is 13.9 Å². The molecule has 8 heteroatoms. The second-order valence-corrected chi connectivity index (χ2v) is 8.55. The van der Waals surface area contributed by atoms with Gasteiger partial charge in [0.2, 0.25) is 11.8 Å². The van der Waals surface area contributed by atoms with Gasteiger partial charge in [0.05, 0.1) is 25.4 Å². The molecule has 1 amide bonds. The molecule has 1 aliphatic rings. The smallest absolute Gasteiger partial charge is 0.243 e. The highest BCUT2D eigenvalue weighted by Crippen LogP contribution is 2.31. The fourth-order valence-corrected chi connectivity index (χ4v) is 3.00. The number of benzene rings is 1. The SMILES string of the molecule is CN(C)C(=O)CN=C(NCc1ncc(C(C)(C)C)o1)NC1CCOc2ccccc21. The maximum absolute atomic E-state index is 12.0. The van der Waals surface area contributed by atoms with E-state index in [0.717, 1.165) is 23.5 Å². The first-order valence-corrected chi connectivity index (χ1v) is 10.2. The molecule has 3 rings (SSSR count). The van der Waals surface area contributed by atoms with E-state index < -0.39 is 0 Å². The quantitative estimate of drug-likeness (QED) is 0.578. The first kappa shape index (κ1) is 21.7. The highest BCUT2D eigenvalue weighted by Gasteiger charge is 2.23. The summed E-state index contributed by atoms with van der Waals surface area (Å²) in [6.45, 7) is 7.26. The minimum atomic E-state index is -0.107. The Bertz CT molecular complexity index is 898. The maximum Gasteiger partial charge on any atom is 0.243 e. The van der Waals surface area contributed by atoms with Gasteiger partial charge in [-0.25, -0.2) is 9.98 Å². The molecule has 0 radical (unpaired) electrons. The first-order chi connectivity index (χ1) is 14.2. The normalized spacial score (nSPS) is 16.4. The zero-order chi connectivity index (χ0) is 21.7. The average Bonchev–Trinajstić information content (AvgIpc) is 3.19. The Labute approximate surface area is 177 Å². The summed E-state index contributed by atoms with van der Waals surface area (Å²) in [6, 6.07) is 7.98. The van der Waals surface area contributed by atoms with Crippen molar-refractivity contribution in [3.05, 3.63) is 47.7 Å². The molecule has 162 valence electrons. The number of guanidine groups is 1. The second-order valence-electron chi connectivity index (χ2n) is 8.55. The van der Waals surface area contributed by atoms with Gasteiger partial charge in [0.1, 0.15) is 18.1 Å². The minimum Gasteiger partial charge on any atom is -0.493 e. The Kier molecular flexibility index (Phi) is 6.64. The van der Waals surface area contributed by atoms with E-state index in [4.69, 9.17) is 9.15 Å². The highest BCUT2D eigenvalue weighted by atomic mass is 16.5. The van der Waals surface area contributed by atoms with Crippen LogP contribution in [-0.4, -0.2) is 49.0 Å². The number of rotatable bonds is 5. The number of carbonyl (C=O) groups excluding carboxylic acids is 1. The summed E-state index contributed by atoms with van der Waals surface area (Å²) in [6.07, 6.45) is 2.55. The number of nitrogens with zero attached hydrogens (tertiary/aromatic N) is 3. The van der Waals surface area contributed by atoms with Crippen LogP contribution in [0, 0.1) is 0 Å². The van der Waals surface area contributed by atoms with Crippen LogP contribution in [0.3, 0.4) is 0 Å². The van der Waals surface area contributed by atoms with E-state index in [1.165, 1.54) is 4.90 Å². The van der Waals surface area contributed by atoms with E-state index in [1.54, 1.807) is 20.3 Å². The first-order valence-electron chi connectivity index (χ1n) is 10.2. The van der Waals surface area contributed by atoms with Crippen molar-refractivity contribution in [2.24, 2.45) is 4.99 Å². The van der Waals surface area contributed by atoms with Gasteiger partial charge < -0.3 is 24.7 Å². The summed E-state index contributed by atoms with van der Waals surface area (Å²) in [4.78, 5) is 22.4. The molecular weight excluding hydrogens is 382 g/mol. The highest BCUT2D eigenvalue weighted by molar-refractivity contribution is 5.85. The van der Waals surface area contributed by atoms with Crippen LogP contribution in [-0.2, 0) is 16.8 Å². The lowest BCUT2D eigenvalue weighted by atomic mass is 9.94. The Morgan fingerprint density at radius 2 is 2.07 bits per heavy atom. The number of aromatic nitrogens is 1. The molecule has 0 saturated heterocycles. The Morgan fingerprint density at radius 1 is 1.30 bits per heavy atom. The molecule has 1 atom stereocenters. The number of nitrogens with one attached hydrogen (secondary N) is 2. The minimum absolute atomic E-state index is 0.0327. The van der Waals surface area contributed by atoms with Crippen LogP contribution in [0.4, 0.5) is 0 Å². The topological polar surface area (TPSA) is 92.0 Å². The third kappa shape index (κ3) is 5.52. The molecule has 2 aromatic rings. The summed E-state index contributed by atoms with van der Waals surface area (Å²) in [7, 11) is 3.43. The number of hydrogen-bond acceptors (Lipinski definition) is 5. The summed E-state index contributed by atoms with van der Waals surface area (Å²) in [5, 5.41) is 6.68. The lowest BCUT2D eigenvalue weighted by molar-refractivity contribution is -0.127. The van der Waals surface area contributed by atoms with Crippen molar-refractivity contribution >= 4 is 11.9 Å². The summed E-state index contributed by atoms with van der Waals surface area (Å²) < 4.78 is 11.6. The van der Waals surface area contributed by atoms with Crippen LogP contribution in [0.25, 0.3) is 0 Å². The third-order valence-corrected chi connectivity index (χ3v) is 4.84. The summed E-state index contributed by atoms with van der Waals surface area (Å²) >= 11 is 0. The number of ether oxygens (including phenoxy) is 1. The van der Waals surface area contributed by atoms with Gasteiger partial charge in [-0.05, 0) is 6.07 Å². The van der Waals surface area contributed by atoms with E-state index in [9.17, 15) is 4.79 Å². The van der Waals surface area contributed by atoms with Gasteiger partial charge in [-0.2, -0.15) is 0 Å². The van der Waals surface area contributed by atoms with Crippen LogP contribution in [0.2, 0.25) is 0 Å². The number of carbonyl (C=O) groups is 1. The van der Waals surface area contributed by atoms with Crippen molar-refractivity contribution in [3.63, 3.8) is 0 Å². The Hall–Kier alpha value is -3.03. The molecule has 30 heavy (non-hydrogen) atoms. The molecule has 1 unspecified atom stereocenters. The van der Waals surface area contributed by atoms with Crippen molar-refractivity contribution in [1.29, 1.82) is 0 Å². The van der Waals surface area contributed by atoms with Crippen molar-refractivity contribution in [2.45, 2.75) is 45.2 Å². The Morgan fingerprint density at radius 3 is 2.77 bits per heavy atom. The van der Waals surface area contributed by atoms with Crippen molar-refractivity contribution in [2.75, 3.05) is 27.2 Å². The molecular formula is C22H31N5O3. The van der Waals surface area contributed by atoms with Crippen molar-refractivity contribution in [3.8, 4) is 5.75 Å². The van der Waals surface area contributed by atoms with Crippen LogP contribution in [0.1, 0.15) is 50.4 Å². The molecule has 1 aliphatic heterocycles. The number of fused-ring (bicyclic) bond motifs is 1. The molecule has 1 aromatic carbocycles. The molecule has 2 N–H and O–H groups in total. The lowest BCUT2D eigenvalue weighted by Crippen LogP contribution is -2.41. The van der Waals surface area contributed by atoms with Crippen molar-refractivity contribution in [1.82, 2.24) is 20.5 Å². The zero-order valence-electron chi connectivity index (χ0n) is 18.4. The fourth-order valence-electron chi connectivity index (χ4n) is 3.00. The maximum atomic E-state index is 12.0. The number of aliphatic imine (C=N–C) groups is 1. The second kappa shape index (κ2) is 9.19. The van der Waals surface area contributed by atoms with Gasteiger partial charge in [-0.15, -0.1) is 0 Å². The standard InChI is InChI=1S/C22H31N5O3/c1-22(2,3)18-12-23-19(30-18)13-24-21(25-14-20(28)27(4)5)26-16-10-11-29-17-9-7-6-8-15(16)17/h6-9,12,16H,10-11,13-14H2,1-5H3,(H2,24,25,26). The van der Waals surface area contributed by atoms with Gasteiger partial charge >= 0.3 is 0 Å². The molecule has 0 bridgehead atoms. The zero-order valence-corrected chi connectivity index (χ0v) is 18.4. The fraction of sp³-hybridized carbons (Fsp3) is 0.500. The average molecular weight is 414 g/mol. The monoisotopic (exact) mass is 413 g/mol. The van der Waals surface area contributed by atoms with E-state index in [0.29, 0.717) is 25.0 Å². The summed E-state index contributed by atoms with van der Waals surface area (Å²) in [5.74, 6) is 2.72. The number of amides is 1. The lowest BCUT2D eigenvalue weighted by Gasteiger charge is -2.28. The Balaban J connectivity index is 1.73. The van der Waals surface area contributed by atoms with Crippen LogP contribution in [0.5, 0.6) is 5.75 Å². The molecule has 0 aliphatic carbocycles. The molecule has 0 fully saturated rings. The van der Waals surface area contributed by atoms with Gasteiger partial charge in [0.15, 0.2) is 5.96 Å². The van der Waals surface area contributed by atoms with E-state index in [-0.39, 0.29) is 23.9 Å². The van der Waals surface area contributed by atoms with Crippen LogP contribution in [0.15, 0.2) is 39.9 Å². The molecule has 2 heterocycles. The number of para-hydroxylation sites is 1. The number of oxazole rings is 1. The van der Waals surface area contributed by atoms with Gasteiger partial charge in [-0.1, -0.05) is 39.0 Å². The molecule has 1 aromatic heterocycles. The van der Waals surface area contributed by atoms with E-state index in [1.807, 2.05) is 24.3 Å². The predicted molar refractivity (Wildman–Crippen MR) is 115 cm³/mol. The molecule has 0 saturated carbocycles. The predicted octanol–water partition coefficient (Wildman–Crippen LogP) is 2.62. The van der Waals surface area contributed by atoms with Gasteiger partial charge in [-0.3, -0.25) is 4.79 Å². The van der Waals surface area contributed by atoms with Gasteiger partial charge in [0.25, 0.3) is 0 Å². The molecule has 8 nitrogen and oxygen atoms in total. The van der Waals surface area contributed by atoms with E-state index >= 15 is 0 Å². The number of hydrogen-bond donors (Lipinski definition) is 2. The van der Waals surface area contributed by atoms with Gasteiger partial charge in [0, 0.05) is 31.5 Å². The largest absolute Gasteiger partial charge is 0.493 e. The third-order valence-electron chi connectivity index (χ3n) is 4.84. The summed E-state index contributed by atoms with van der Waals surface area (Å²) in [5.41, 5.74) is 0.966. The van der Waals surface area contributed by atoms with Crippen LogP contribution < -0.4 is 15.4 Å². The molecule has 0 spiro atoms. The van der Waals surface area contributed by atoms with E-state index in [2.05, 4.69) is 41.4 Å².